The molecular weight excluding hydrogens is 158 g/mol. The molecule has 0 saturated heterocycles. The largest absolute Gasteiger partial charge is 0.198 e. The van der Waals surface area contributed by atoms with Crippen LogP contribution in [0, 0.1) is 22.7 Å². The minimum absolute atomic E-state index is 0.352. The number of nitriles is 1. The van der Waals surface area contributed by atoms with Gasteiger partial charge in [-0.15, -0.1) is 0 Å². The predicted octanol–water partition coefficient (Wildman–Crippen LogP) is 3.90. The zero-order valence-corrected chi connectivity index (χ0v) is 8.97. The average molecular weight is 179 g/mol. The SMILES string of the molecule is CC(C)C1(CC#N)CCCCCC1. The van der Waals surface area contributed by atoms with Gasteiger partial charge in [0, 0.05) is 6.42 Å². The summed E-state index contributed by atoms with van der Waals surface area (Å²) in [5, 5.41) is 8.87. The molecule has 74 valence electrons. The Labute approximate surface area is 82.1 Å². The van der Waals surface area contributed by atoms with Crippen LogP contribution in [0.2, 0.25) is 0 Å². The summed E-state index contributed by atoms with van der Waals surface area (Å²) in [6, 6.07) is 2.39. The zero-order valence-electron chi connectivity index (χ0n) is 8.97. The van der Waals surface area contributed by atoms with E-state index in [2.05, 4.69) is 19.9 Å². The molecule has 0 spiro atoms. The molecule has 0 aromatic heterocycles. The van der Waals surface area contributed by atoms with E-state index in [9.17, 15) is 0 Å². The van der Waals surface area contributed by atoms with Crippen LogP contribution in [-0.4, -0.2) is 0 Å². The van der Waals surface area contributed by atoms with E-state index in [1.54, 1.807) is 0 Å². The van der Waals surface area contributed by atoms with Crippen LogP contribution in [0.5, 0.6) is 0 Å². The van der Waals surface area contributed by atoms with Gasteiger partial charge in [0.15, 0.2) is 0 Å². The highest BCUT2D eigenvalue weighted by atomic mass is 14.4. The Morgan fingerprint density at radius 1 is 1.15 bits per heavy atom. The van der Waals surface area contributed by atoms with Crippen molar-refractivity contribution in [3.63, 3.8) is 0 Å². The smallest absolute Gasteiger partial charge is 0.0627 e. The molecule has 1 aliphatic carbocycles. The summed E-state index contributed by atoms with van der Waals surface area (Å²) in [6.45, 7) is 4.56. The van der Waals surface area contributed by atoms with Crippen molar-refractivity contribution in [2.24, 2.45) is 11.3 Å². The minimum Gasteiger partial charge on any atom is -0.198 e. The van der Waals surface area contributed by atoms with Crippen molar-refractivity contribution < 1.29 is 0 Å². The van der Waals surface area contributed by atoms with Gasteiger partial charge in [-0.25, -0.2) is 0 Å². The lowest BCUT2D eigenvalue weighted by molar-refractivity contribution is 0.163. The first kappa shape index (κ1) is 10.6. The normalized spacial score (nSPS) is 22.3. The molecule has 0 unspecified atom stereocenters. The summed E-state index contributed by atoms with van der Waals surface area (Å²) < 4.78 is 0. The maximum Gasteiger partial charge on any atom is 0.0627 e. The van der Waals surface area contributed by atoms with Crippen molar-refractivity contribution >= 4 is 0 Å². The van der Waals surface area contributed by atoms with Gasteiger partial charge in [-0.1, -0.05) is 39.5 Å². The summed E-state index contributed by atoms with van der Waals surface area (Å²) >= 11 is 0. The molecular formula is C12H21N. The van der Waals surface area contributed by atoms with E-state index in [1.165, 1.54) is 38.5 Å². The van der Waals surface area contributed by atoms with Gasteiger partial charge >= 0.3 is 0 Å². The maximum atomic E-state index is 8.87. The Kier molecular flexibility index (Phi) is 3.78. The van der Waals surface area contributed by atoms with E-state index in [1.807, 2.05) is 0 Å². The topological polar surface area (TPSA) is 23.8 Å². The number of nitrogens with zero attached hydrogens (tertiary/aromatic N) is 1. The van der Waals surface area contributed by atoms with Crippen molar-refractivity contribution in [3.8, 4) is 6.07 Å². The summed E-state index contributed by atoms with van der Waals surface area (Å²) in [7, 11) is 0. The fourth-order valence-electron chi connectivity index (χ4n) is 2.55. The Hall–Kier alpha value is -0.510. The van der Waals surface area contributed by atoms with Gasteiger partial charge in [0.1, 0.15) is 0 Å². The molecule has 0 aromatic carbocycles. The molecule has 0 bridgehead atoms. The Balaban J connectivity index is 2.69. The van der Waals surface area contributed by atoms with Crippen molar-refractivity contribution in [2.45, 2.75) is 58.8 Å². The first-order valence-corrected chi connectivity index (χ1v) is 5.58. The Morgan fingerprint density at radius 3 is 2.08 bits per heavy atom. The molecule has 13 heavy (non-hydrogen) atoms. The third kappa shape index (κ3) is 2.46. The van der Waals surface area contributed by atoms with E-state index < -0.39 is 0 Å². The van der Waals surface area contributed by atoms with Gasteiger partial charge in [-0.2, -0.15) is 5.26 Å². The van der Waals surface area contributed by atoms with Crippen molar-refractivity contribution in [2.75, 3.05) is 0 Å². The fraction of sp³-hybridized carbons (Fsp3) is 0.917. The quantitative estimate of drug-likeness (QED) is 0.590. The number of hydrogen-bond acceptors (Lipinski definition) is 1. The van der Waals surface area contributed by atoms with E-state index in [0.29, 0.717) is 11.3 Å². The highest BCUT2D eigenvalue weighted by molar-refractivity contribution is 4.91. The predicted molar refractivity (Wildman–Crippen MR) is 55.2 cm³/mol. The van der Waals surface area contributed by atoms with Crippen LogP contribution in [-0.2, 0) is 0 Å². The lowest BCUT2D eigenvalue weighted by atomic mass is 9.69. The molecule has 0 aliphatic heterocycles. The van der Waals surface area contributed by atoms with Gasteiger partial charge in [-0.3, -0.25) is 0 Å². The highest BCUT2D eigenvalue weighted by Gasteiger charge is 2.33. The molecule has 0 atom stereocenters. The summed E-state index contributed by atoms with van der Waals surface area (Å²) in [6.07, 6.45) is 8.74. The second-order valence-electron chi connectivity index (χ2n) is 4.77. The third-order valence-corrected chi connectivity index (χ3v) is 3.76. The molecule has 1 rings (SSSR count). The summed E-state index contributed by atoms with van der Waals surface area (Å²) in [5.74, 6) is 0.672. The van der Waals surface area contributed by atoms with Crippen molar-refractivity contribution in [1.82, 2.24) is 0 Å². The van der Waals surface area contributed by atoms with Gasteiger partial charge in [0.2, 0.25) is 0 Å². The van der Waals surface area contributed by atoms with Crippen molar-refractivity contribution in [3.05, 3.63) is 0 Å². The van der Waals surface area contributed by atoms with Gasteiger partial charge in [0.05, 0.1) is 6.07 Å². The van der Waals surface area contributed by atoms with Crippen LogP contribution < -0.4 is 0 Å². The zero-order chi connectivity index (χ0) is 9.73. The maximum absolute atomic E-state index is 8.87. The molecule has 1 fully saturated rings. The van der Waals surface area contributed by atoms with Crippen LogP contribution in [0.4, 0.5) is 0 Å². The lowest BCUT2D eigenvalue weighted by Gasteiger charge is -2.34. The van der Waals surface area contributed by atoms with Gasteiger partial charge in [0.25, 0.3) is 0 Å². The van der Waals surface area contributed by atoms with Gasteiger partial charge in [-0.05, 0) is 24.2 Å². The molecule has 0 amide bonds. The van der Waals surface area contributed by atoms with E-state index in [0.717, 1.165) is 6.42 Å². The van der Waals surface area contributed by atoms with E-state index >= 15 is 0 Å². The molecule has 0 N–H and O–H groups in total. The van der Waals surface area contributed by atoms with Crippen LogP contribution in [0.3, 0.4) is 0 Å². The van der Waals surface area contributed by atoms with E-state index in [4.69, 9.17) is 5.26 Å². The first-order chi connectivity index (χ1) is 6.21. The summed E-state index contributed by atoms with van der Waals surface area (Å²) in [5.41, 5.74) is 0.352. The first-order valence-electron chi connectivity index (χ1n) is 5.58. The fourth-order valence-corrected chi connectivity index (χ4v) is 2.55. The minimum atomic E-state index is 0.352. The standard InChI is InChI=1S/C12H21N/c1-11(2)12(9-10-13)7-5-3-4-6-8-12/h11H,3-9H2,1-2H3. The Bertz CT molecular complexity index is 180. The lowest BCUT2D eigenvalue weighted by Crippen LogP contribution is -2.26. The van der Waals surface area contributed by atoms with Crippen LogP contribution in [0.1, 0.15) is 58.8 Å². The number of hydrogen-bond donors (Lipinski definition) is 0. The molecule has 0 radical (unpaired) electrons. The molecule has 1 nitrogen and oxygen atoms in total. The molecule has 1 saturated carbocycles. The molecule has 0 aromatic rings. The highest BCUT2D eigenvalue weighted by Crippen LogP contribution is 2.43. The monoisotopic (exact) mass is 179 g/mol. The van der Waals surface area contributed by atoms with Crippen molar-refractivity contribution in [1.29, 1.82) is 5.26 Å². The third-order valence-electron chi connectivity index (χ3n) is 3.76. The molecule has 1 heteroatoms. The molecule has 0 heterocycles. The van der Waals surface area contributed by atoms with E-state index in [-0.39, 0.29) is 0 Å². The number of rotatable bonds is 2. The van der Waals surface area contributed by atoms with Crippen LogP contribution in [0.25, 0.3) is 0 Å². The van der Waals surface area contributed by atoms with Crippen LogP contribution >= 0.6 is 0 Å². The van der Waals surface area contributed by atoms with Gasteiger partial charge < -0.3 is 0 Å². The second kappa shape index (κ2) is 4.65. The average Bonchev–Trinajstić information content (AvgIpc) is 2.31. The summed E-state index contributed by atoms with van der Waals surface area (Å²) in [4.78, 5) is 0. The van der Waals surface area contributed by atoms with Crippen LogP contribution in [0.15, 0.2) is 0 Å². The molecule has 1 aliphatic rings. The Morgan fingerprint density at radius 2 is 1.69 bits per heavy atom. The second-order valence-corrected chi connectivity index (χ2v) is 4.77.